The number of halogens is 2. The van der Waals surface area contributed by atoms with E-state index in [0.717, 1.165) is 22.3 Å². The Kier molecular flexibility index (Phi) is 4.68. The van der Waals surface area contributed by atoms with Crippen LogP contribution in [0.3, 0.4) is 0 Å². The SMILES string of the molecule is CC1=CC=CN(C2CCNCC2(F)F)C1COc1ccc2oc(C)cc2c1. The van der Waals surface area contributed by atoms with Gasteiger partial charge in [0.05, 0.1) is 18.6 Å². The molecule has 2 aliphatic heterocycles. The monoisotopic (exact) mass is 374 g/mol. The van der Waals surface area contributed by atoms with Crippen molar-refractivity contribution in [1.82, 2.24) is 10.2 Å². The van der Waals surface area contributed by atoms with Crippen molar-refractivity contribution in [2.75, 3.05) is 19.7 Å². The van der Waals surface area contributed by atoms with Crippen molar-refractivity contribution in [3.8, 4) is 5.75 Å². The first-order chi connectivity index (χ1) is 12.9. The maximum Gasteiger partial charge on any atom is 0.280 e. The predicted octanol–water partition coefficient (Wildman–Crippen LogP) is 4.26. The molecule has 144 valence electrons. The first kappa shape index (κ1) is 18.0. The third kappa shape index (κ3) is 3.58. The molecule has 0 amide bonds. The second-order valence-electron chi connectivity index (χ2n) is 7.33. The maximum absolute atomic E-state index is 14.5. The number of rotatable bonds is 4. The van der Waals surface area contributed by atoms with Crippen LogP contribution in [0.25, 0.3) is 11.0 Å². The van der Waals surface area contributed by atoms with Gasteiger partial charge in [0.1, 0.15) is 23.7 Å². The molecule has 1 aromatic carbocycles. The summed E-state index contributed by atoms with van der Waals surface area (Å²) >= 11 is 0. The number of hydrogen-bond donors (Lipinski definition) is 1. The van der Waals surface area contributed by atoms with Crippen molar-refractivity contribution >= 4 is 11.0 Å². The fraction of sp³-hybridized carbons (Fsp3) is 0.429. The lowest BCUT2D eigenvalue weighted by atomic mass is 9.95. The van der Waals surface area contributed by atoms with Crippen LogP contribution in [0.5, 0.6) is 5.75 Å². The fourth-order valence-electron chi connectivity index (χ4n) is 3.89. The molecule has 1 saturated heterocycles. The number of fused-ring (bicyclic) bond motifs is 1. The van der Waals surface area contributed by atoms with Gasteiger partial charge in [0.25, 0.3) is 5.92 Å². The van der Waals surface area contributed by atoms with E-state index in [1.54, 1.807) is 11.1 Å². The topological polar surface area (TPSA) is 37.6 Å². The highest BCUT2D eigenvalue weighted by atomic mass is 19.3. The summed E-state index contributed by atoms with van der Waals surface area (Å²) in [4.78, 5) is 1.77. The smallest absolute Gasteiger partial charge is 0.280 e. The largest absolute Gasteiger partial charge is 0.491 e. The summed E-state index contributed by atoms with van der Waals surface area (Å²) in [6, 6.07) is 6.56. The van der Waals surface area contributed by atoms with Crippen LogP contribution in [-0.4, -0.2) is 42.6 Å². The number of hydrogen-bond acceptors (Lipinski definition) is 4. The second-order valence-corrected chi connectivity index (χ2v) is 7.33. The molecule has 27 heavy (non-hydrogen) atoms. The summed E-state index contributed by atoms with van der Waals surface area (Å²) in [6.45, 7) is 4.49. The van der Waals surface area contributed by atoms with Crippen molar-refractivity contribution in [2.24, 2.45) is 0 Å². The highest BCUT2D eigenvalue weighted by molar-refractivity contribution is 5.79. The molecular weight excluding hydrogens is 350 g/mol. The Balaban J connectivity index is 1.52. The Morgan fingerprint density at radius 3 is 2.96 bits per heavy atom. The van der Waals surface area contributed by atoms with Gasteiger partial charge in [-0.2, -0.15) is 0 Å². The molecule has 2 aliphatic rings. The van der Waals surface area contributed by atoms with Crippen LogP contribution in [0.4, 0.5) is 8.78 Å². The molecule has 2 aromatic rings. The van der Waals surface area contributed by atoms with Crippen LogP contribution in [0.15, 0.2) is 52.6 Å². The van der Waals surface area contributed by atoms with E-state index in [0.29, 0.717) is 25.3 Å². The van der Waals surface area contributed by atoms with Gasteiger partial charge >= 0.3 is 0 Å². The van der Waals surface area contributed by atoms with Gasteiger partial charge in [0.2, 0.25) is 0 Å². The van der Waals surface area contributed by atoms with E-state index in [1.165, 1.54) is 0 Å². The Bertz CT molecular complexity index is 887. The van der Waals surface area contributed by atoms with Crippen molar-refractivity contribution in [1.29, 1.82) is 0 Å². The van der Waals surface area contributed by atoms with E-state index >= 15 is 0 Å². The van der Waals surface area contributed by atoms with Gasteiger partial charge in [-0.25, -0.2) is 8.78 Å². The average molecular weight is 374 g/mol. The number of piperidine rings is 1. The maximum atomic E-state index is 14.5. The summed E-state index contributed by atoms with van der Waals surface area (Å²) in [5.41, 5.74) is 1.83. The van der Waals surface area contributed by atoms with Gasteiger partial charge in [-0.3, -0.25) is 0 Å². The zero-order chi connectivity index (χ0) is 19.0. The lowest BCUT2D eigenvalue weighted by Gasteiger charge is -2.44. The molecule has 4 rings (SSSR count). The van der Waals surface area contributed by atoms with Crippen LogP contribution in [0.1, 0.15) is 19.1 Å². The van der Waals surface area contributed by atoms with E-state index in [1.807, 2.05) is 50.3 Å². The summed E-state index contributed by atoms with van der Waals surface area (Å²) in [6.07, 6.45) is 5.98. The Labute approximate surface area is 157 Å². The molecule has 0 saturated carbocycles. The number of allylic oxidation sites excluding steroid dienone is 2. The number of benzene rings is 1. The molecule has 3 heterocycles. The molecule has 2 unspecified atom stereocenters. The molecule has 1 aromatic heterocycles. The van der Waals surface area contributed by atoms with Gasteiger partial charge in [0, 0.05) is 11.6 Å². The standard InChI is InChI=1S/C21H24F2N2O2/c1-14-4-3-9-25(20-7-8-24-13-21(20,22)23)18(14)12-26-17-5-6-19-16(11-17)10-15(2)27-19/h3-6,9-11,18,20,24H,7-8,12-13H2,1-2H3. The number of nitrogens with zero attached hydrogens (tertiary/aromatic N) is 1. The average Bonchev–Trinajstić information content (AvgIpc) is 2.99. The van der Waals surface area contributed by atoms with Crippen molar-refractivity contribution < 1.29 is 17.9 Å². The lowest BCUT2D eigenvalue weighted by Crippen LogP contribution is -2.59. The van der Waals surface area contributed by atoms with Crippen LogP contribution in [-0.2, 0) is 0 Å². The summed E-state index contributed by atoms with van der Waals surface area (Å²) in [7, 11) is 0. The van der Waals surface area contributed by atoms with Gasteiger partial charge < -0.3 is 19.4 Å². The highest BCUT2D eigenvalue weighted by Crippen LogP contribution is 2.33. The zero-order valence-corrected chi connectivity index (χ0v) is 15.5. The minimum absolute atomic E-state index is 0.217. The third-order valence-electron chi connectivity index (χ3n) is 5.32. The number of furan rings is 1. The summed E-state index contributed by atoms with van der Waals surface area (Å²) in [5.74, 6) is -1.22. The number of ether oxygens (including phenoxy) is 1. The molecule has 0 radical (unpaired) electrons. The molecule has 4 nitrogen and oxygen atoms in total. The Morgan fingerprint density at radius 2 is 2.15 bits per heavy atom. The quantitative estimate of drug-likeness (QED) is 0.868. The Hall–Kier alpha value is -2.34. The zero-order valence-electron chi connectivity index (χ0n) is 15.5. The lowest BCUT2D eigenvalue weighted by molar-refractivity contribution is -0.0922. The van der Waals surface area contributed by atoms with Crippen molar-refractivity contribution in [3.05, 3.63) is 54.0 Å². The van der Waals surface area contributed by atoms with Gasteiger partial charge in [-0.05, 0) is 62.7 Å². The van der Waals surface area contributed by atoms with E-state index in [2.05, 4.69) is 5.32 Å². The van der Waals surface area contributed by atoms with Crippen LogP contribution < -0.4 is 10.1 Å². The minimum Gasteiger partial charge on any atom is -0.491 e. The van der Waals surface area contributed by atoms with Crippen LogP contribution in [0.2, 0.25) is 0 Å². The van der Waals surface area contributed by atoms with Crippen molar-refractivity contribution in [3.63, 3.8) is 0 Å². The van der Waals surface area contributed by atoms with Gasteiger partial charge in [0.15, 0.2) is 0 Å². The molecule has 0 aliphatic carbocycles. The predicted molar refractivity (Wildman–Crippen MR) is 101 cm³/mol. The van der Waals surface area contributed by atoms with Crippen molar-refractivity contribution in [2.45, 2.75) is 38.3 Å². The molecule has 6 heteroatoms. The van der Waals surface area contributed by atoms with Gasteiger partial charge in [-0.15, -0.1) is 0 Å². The normalized spacial score (nSPS) is 24.9. The Morgan fingerprint density at radius 1 is 1.30 bits per heavy atom. The van der Waals surface area contributed by atoms with Crippen LogP contribution >= 0.6 is 0 Å². The van der Waals surface area contributed by atoms with Gasteiger partial charge in [-0.1, -0.05) is 6.08 Å². The number of nitrogens with one attached hydrogen (secondary N) is 1. The molecular formula is C21H24F2N2O2. The molecule has 2 atom stereocenters. The van der Waals surface area contributed by atoms with E-state index in [4.69, 9.17) is 9.15 Å². The number of aryl methyl sites for hydroxylation is 1. The number of alkyl halides is 2. The summed E-state index contributed by atoms with van der Waals surface area (Å²) < 4.78 is 40.6. The highest BCUT2D eigenvalue weighted by Gasteiger charge is 2.46. The van der Waals surface area contributed by atoms with E-state index in [-0.39, 0.29) is 12.6 Å². The third-order valence-corrected chi connectivity index (χ3v) is 5.32. The van der Waals surface area contributed by atoms with E-state index < -0.39 is 12.0 Å². The molecule has 1 fully saturated rings. The fourth-order valence-corrected chi connectivity index (χ4v) is 3.89. The van der Waals surface area contributed by atoms with Crippen LogP contribution in [0, 0.1) is 6.92 Å². The molecule has 0 bridgehead atoms. The first-order valence-corrected chi connectivity index (χ1v) is 9.28. The molecule has 1 N–H and O–H groups in total. The van der Waals surface area contributed by atoms with E-state index in [9.17, 15) is 8.78 Å². The molecule has 0 spiro atoms. The second kappa shape index (κ2) is 7.00. The summed E-state index contributed by atoms with van der Waals surface area (Å²) in [5, 5.41) is 3.77. The minimum atomic E-state index is -2.77. The first-order valence-electron chi connectivity index (χ1n) is 9.28.